The summed E-state index contributed by atoms with van der Waals surface area (Å²) in [5, 5.41) is 2.76. The summed E-state index contributed by atoms with van der Waals surface area (Å²) in [6.45, 7) is 4.26. The first-order valence-corrected chi connectivity index (χ1v) is 4.59. The topological polar surface area (TPSA) is 41.5 Å². The zero-order valence-electron chi connectivity index (χ0n) is 8.29. The summed E-state index contributed by atoms with van der Waals surface area (Å²) in [4.78, 5) is 15.2. The summed E-state index contributed by atoms with van der Waals surface area (Å²) in [5.74, 6) is -0.0439. The Kier molecular flexibility index (Phi) is 2.08. The number of hydrogen-bond acceptors (Lipinski definition) is 2. The van der Waals surface area contributed by atoms with Crippen LogP contribution in [-0.2, 0) is 11.3 Å². The van der Waals surface area contributed by atoms with Crippen molar-refractivity contribution < 1.29 is 4.79 Å². The van der Waals surface area contributed by atoms with Gasteiger partial charge in [-0.3, -0.25) is 9.79 Å². The molecule has 0 saturated heterocycles. The van der Waals surface area contributed by atoms with E-state index in [9.17, 15) is 4.79 Å². The summed E-state index contributed by atoms with van der Waals surface area (Å²) >= 11 is 0. The highest BCUT2D eigenvalue weighted by molar-refractivity contribution is 6.03. The van der Waals surface area contributed by atoms with E-state index in [-0.39, 0.29) is 5.91 Å². The lowest BCUT2D eigenvalue weighted by Gasteiger charge is -2.05. The summed E-state index contributed by atoms with van der Waals surface area (Å²) in [6.07, 6.45) is 0. The summed E-state index contributed by atoms with van der Waals surface area (Å²) < 4.78 is 0. The summed E-state index contributed by atoms with van der Waals surface area (Å²) in [6, 6.07) is 5.90. The van der Waals surface area contributed by atoms with E-state index in [2.05, 4.69) is 10.3 Å². The minimum absolute atomic E-state index is 0.0439. The second-order valence-corrected chi connectivity index (χ2v) is 3.45. The quantitative estimate of drug-likeness (QED) is 0.719. The van der Waals surface area contributed by atoms with Gasteiger partial charge in [0, 0.05) is 23.9 Å². The molecular weight excluding hydrogens is 176 g/mol. The Morgan fingerprint density at radius 1 is 1.50 bits per heavy atom. The van der Waals surface area contributed by atoms with Gasteiger partial charge in [-0.15, -0.1) is 0 Å². The molecule has 1 heterocycles. The van der Waals surface area contributed by atoms with Crippen LogP contribution in [0.1, 0.15) is 25.0 Å². The van der Waals surface area contributed by atoms with Crippen molar-refractivity contribution in [1.29, 1.82) is 0 Å². The number of fused-ring (bicyclic) bond motifs is 1. The number of aliphatic imine (C=N–C) groups is 1. The Balaban J connectivity index is 2.35. The molecular formula is C11H12N2O. The van der Waals surface area contributed by atoms with Gasteiger partial charge >= 0.3 is 0 Å². The van der Waals surface area contributed by atoms with Gasteiger partial charge in [0.25, 0.3) is 0 Å². The molecule has 1 aromatic carbocycles. The lowest BCUT2D eigenvalue weighted by Crippen LogP contribution is -2.06. The van der Waals surface area contributed by atoms with Crippen molar-refractivity contribution in [1.82, 2.24) is 0 Å². The second-order valence-electron chi connectivity index (χ2n) is 3.45. The van der Waals surface area contributed by atoms with Crippen molar-refractivity contribution >= 4 is 17.3 Å². The van der Waals surface area contributed by atoms with E-state index in [0.29, 0.717) is 0 Å². The van der Waals surface area contributed by atoms with E-state index >= 15 is 0 Å². The van der Waals surface area contributed by atoms with Gasteiger partial charge in [-0.1, -0.05) is 6.07 Å². The number of nitrogens with zero attached hydrogens (tertiary/aromatic N) is 1. The molecule has 3 heteroatoms. The van der Waals surface area contributed by atoms with Crippen LogP contribution in [0.15, 0.2) is 23.2 Å². The van der Waals surface area contributed by atoms with E-state index in [1.165, 1.54) is 12.5 Å². The molecule has 0 bridgehead atoms. The SMILES string of the molecule is CC(=O)Nc1ccc2c(c1)C(C)=NC2. The molecule has 0 radical (unpaired) electrons. The maximum Gasteiger partial charge on any atom is 0.221 e. The molecule has 0 spiro atoms. The molecule has 0 fully saturated rings. The smallest absolute Gasteiger partial charge is 0.221 e. The minimum Gasteiger partial charge on any atom is -0.326 e. The van der Waals surface area contributed by atoms with Crippen LogP contribution in [0.25, 0.3) is 0 Å². The normalized spacial score (nSPS) is 13.4. The molecule has 1 aliphatic heterocycles. The van der Waals surface area contributed by atoms with Gasteiger partial charge in [0.2, 0.25) is 5.91 Å². The zero-order valence-corrected chi connectivity index (χ0v) is 8.29. The van der Waals surface area contributed by atoms with E-state index < -0.39 is 0 Å². The van der Waals surface area contributed by atoms with Gasteiger partial charge in [-0.2, -0.15) is 0 Å². The van der Waals surface area contributed by atoms with Gasteiger partial charge in [0.15, 0.2) is 0 Å². The Hall–Kier alpha value is -1.64. The van der Waals surface area contributed by atoms with Gasteiger partial charge < -0.3 is 5.32 Å². The third kappa shape index (κ3) is 1.53. The lowest BCUT2D eigenvalue weighted by molar-refractivity contribution is -0.114. The van der Waals surface area contributed by atoms with Crippen LogP contribution >= 0.6 is 0 Å². The molecule has 1 aliphatic rings. The van der Waals surface area contributed by atoms with Crippen LogP contribution in [-0.4, -0.2) is 11.6 Å². The van der Waals surface area contributed by atoms with E-state index in [1.54, 1.807) is 0 Å². The maximum absolute atomic E-state index is 10.9. The first kappa shape index (κ1) is 8.94. The highest BCUT2D eigenvalue weighted by Crippen LogP contribution is 2.22. The molecule has 14 heavy (non-hydrogen) atoms. The Morgan fingerprint density at radius 3 is 3.00 bits per heavy atom. The highest BCUT2D eigenvalue weighted by atomic mass is 16.1. The second kappa shape index (κ2) is 3.25. The van der Waals surface area contributed by atoms with Gasteiger partial charge in [0.05, 0.1) is 6.54 Å². The van der Waals surface area contributed by atoms with Gasteiger partial charge in [-0.05, 0) is 24.6 Å². The van der Waals surface area contributed by atoms with E-state index in [4.69, 9.17) is 0 Å². The van der Waals surface area contributed by atoms with Crippen LogP contribution in [0.4, 0.5) is 5.69 Å². The highest BCUT2D eigenvalue weighted by Gasteiger charge is 2.12. The molecule has 1 N–H and O–H groups in total. The van der Waals surface area contributed by atoms with Gasteiger partial charge in [-0.25, -0.2) is 0 Å². The Bertz CT molecular complexity index is 421. The Labute approximate surface area is 82.9 Å². The largest absolute Gasteiger partial charge is 0.326 e. The fourth-order valence-corrected chi connectivity index (χ4v) is 1.62. The molecule has 3 nitrogen and oxygen atoms in total. The van der Waals surface area contributed by atoms with Gasteiger partial charge in [0.1, 0.15) is 0 Å². The molecule has 1 aromatic rings. The van der Waals surface area contributed by atoms with Crippen molar-refractivity contribution in [2.45, 2.75) is 20.4 Å². The van der Waals surface area contributed by atoms with Crippen LogP contribution < -0.4 is 5.32 Å². The zero-order chi connectivity index (χ0) is 10.1. The van der Waals surface area contributed by atoms with Crippen LogP contribution in [0.2, 0.25) is 0 Å². The van der Waals surface area contributed by atoms with Crippen LogP contribution in [0, 0.1) is 0 Å². The number of carbonyl (C=O) groups excluding carboxylic acids is 1. The molecule has 72 valence electrons. The standard InChI is InChI=1S/C11H12N2O/c1-7-11-5-10(13-8(2)14)4-3-9(11)6-12-7/h3-5H,6H2,1-2H3,(H,13,14). The van der Waals surface area contributed by atoms with E-state index in [0.717, 1.165) is 23.5 Å². The molecule has 1 amide bonds. The lowest BCUT2D eigenvalue weighted by atomic mass is 10.1. The van der Waals surface area contributed by atoms with Crippen LogP contribution in [0.5, 0.6) is 0 Å². The number of hydrogen-bond donors (Lipinski definition) is 1. The number of rotatable bonds is 1. The predicted octanol–water partition coefficient (Wildman–Crippen LogP) is 1.97. The average molecular weight is 188 g/mol. The fraction of sp³-hybridized carbons (Fsp3) is 0.273. The van der Waals surface area contributed by atoms with E-state index in [1.807, 2.05) is 25.1 Å². The Morgan fingerprint density at radius 2 is 2.29 bits per heavy atom. The number of amides is 1. The maximum atomic E-state index is 10.9. The molecule has 2 rings (SSSR count). The van der Waals surface area contributed by atoms with Crippen molar-refractivity contribution in [3.63, 3.8) is 0 Å². The molecule has 0 atom stereocenters. The van der Waals surface area contributed by atoms with Crippen molar-refractivity contribution in [2.24, 2.45) is 4.99 Å². The first-order chi connectivity index (χ1) is 6.66. The molecule has 0 saturated carbocycles. The molecule has 0 aromatic heterocycles. The fourth-order valence-electron chi connectivity index (χ4n) is 1.62. The van der Waals surface area contributed by atoms with Crippen molar-refractivity contribution in [3.8, 4) is 0 Å². The summed E-state index contributed by atoms with van der Waals surface area (Å²) in [5.41, 5.74) is 4.27. The summed E-state index contributed by atoms with van der Waals surface area (Å²) in [7, 11) is 0. The predicted molar refractivity (Wildman–Crippen MR) is 56.7 cm³/mol. The first-order valence-electron chi connectivity index (χ1n) is 4.59. The average Bonchev–Trinajstić information content (AvgIpc) is 2.47. The minimum atomic E-state index is -0.0439. The van der Waals surface area contributed by atoms with Crippen LogP contribution in [0.3, 0.4) is 0 Å². The number of carbonyl (C=O) groups is 1. The third-order valence-corrected chi connectivity index (χ3v) is 2.31. The third-order valence-electron chi connectivity index (χ3n) is 2.31. The number of nitrogens with one attached hydrogen (secondary N) is 1. The van der Waals surface area contributed by atoms with Crippen molar-refractivity contribution in [3.05, 3.63) is 29.3 Å². The van der Waals surface area contributed by atoms with Crippen molar-refractivity contribution in [2.75, 3.05) is 5.32 Å². The number of anilines is 1. The monoisotopic (exact) mass is 188 g/mol. The number of benzene rings is 1. The molecule has 0 unspecified atom stereocenters. The molecule has 0 aliphatic carbocycles.